The minimum absolute atomic E-state index is 0.0998. The third kappa shape index (κ3) is 6.52. The summed E-state index contributed by atoms with van der Waals surface area (Å²) in [6.45, 7) is 0. The highest BCUT2D eigenvalue weighted by Gasteiger charge is 2.42. The van der Waals surface area contributed by atoms with Crippen molar-refractivity contribution in [3.05, 3.63) is 194 Å². The van der Waals surface area contributed by atoms with Crippen molar-refractivity contribution in [3.8, 4) is 20.2 Å². The summed E-state index contributed by atoms with van der Waals surface area (Å²) in [5, 5.41) is 19.0. The van der Waals surface area contributed by atoms with E-state index in [0.717, 1.165) is 45.2 Å². The maximum atomic E-state index is 13.3. The number of anilines is 2. The monoisotopic (exact) mass is 821 g/mol. The van der Waals surface area contributed by atoms with Crippen molar-refractivity contribution in [2.75, 3.05) is 4.90 Å². The Morgan fingerprint density at radius 3 is 1.87 bits per heavy atom. The highest BCUT2D eigenvalue weighted by atomic mass is 32.1. The lowest BCUT2D eigenvalue weighted by molar-refractivity contribution is 0.0651. The molecule has 1 saturated carbocycles. The Kier molecular flexibility index (Phi) is 9.35. The van der Waals surface area contributed by atoms with E-state index in [1.807, 2.05) is 24.3 Å². The molecule has 1 aliphatic heterocycles. The van der Waals surface area contributed by atoms with Gasteiger partial charge < -0.3 is 15.1 Å². The number of Topliss-reactive ketones (excluding diaryl/α,β-unsaturated/α-hetero) is 2. The van der Waals surface area contributed by atoms with Crippen LogP contribution < -0.4 is 4.90 Å². The van der Waals surface area contributed by atoms with Gasteiger partial charge in [-0.3, -0.25) is 9.59 Å². The first-order valence-electron chi connectivity index (χ1n) is 19.7. The van der Waals surface area contributed by atoms with Gasteiger partial charge in [0.2, 0.25) is 0 Å². The number of fused-ring (bicyclic) bond motifs is 4. The van der Waals surface area contributed by atoms with Crippen LogP contribution in [0, 0.1) is 0 Å². The Bertz CT molecular complexity index is 2860. The summed E-state index contributed by atoms with van der Waals surface area (Å²) in [7, 11) is 0. The summed E-state index contributed by atoms with van der Waals surface area (Å²) in [5.41, 5.74) is 8.38. The summed E-state index contributed by atoms with van der Waals surface area (Å²) < 4.78 is 0. The quantitative estimate of drug-likeness (QED) is 0.0847. The number of allylic oxidation sites excluding steroid dienone is 1. The number of carbonyl (C=O) groups excluding carboxylic acids is 2. The number of rotatable bonds is 9. The van der Waals surface area contributed by atoms with Crippen molar-refractivity contribution in [2.45, 2.75) is 31.2 Å². The van der Waals surface area contributed by atoms with E-state index < -0.39 is 34.6 Å². The number of carbonyl (C=O) groups is 4. The summed E-state index contributed by atoms with van der Waals surface area (Å²) in [5.74, 6) is -3.74. The van der Waals surface area contributed by atoms with Gasteiger partial charge in [0.15, 0.2) is 11.6 Å². The molecule has 2 unspecified atom stereocenters. The third-order valence-electron chi connectivity index (χ3n) is 11.8. The average molecular weight is 822 g/mol. The average Bonchev–Trinajstić information content (AvgIpc) is 4.12. The second-order valence-electron chi connectivity index (χ2n) is 15.3. The molecular weight excluding hydrogens is 787 g/mol. The topological polar surface area (TPSA) is 112 Å². The van der Waals surface area contributed by atoms with Crippen LogP contribution in [-0.2, 0) is 0 Å². The van der Waals surface area contributed by atoms with Crippen molar-refractivity contribution in [2.24, 2.45) is 0 Å². The molecule has 2 atom stereocenters. The number of benzene rings is 5. The zero-order valence-corrected chi connectivity index (χ0v) is 33.6. The van der Waals surface area contributed by atoms with Gasteiger partial charge in [-0.05, 0) is 119 Å². The molecule has 2 aromatic heterocycles. The minimum Gasteiger partial charge on any atom is -0.478 e. The highest BCUT2D eigenvalue weighted by molar-refractivity contribution is 7.24. The maximum absolute atomic E-state index is 13.3. The van der Waals surface area contributed by atoms with Crippen molar-refractivity contribution >= 4 is 75.3 Å². The number of carboxylic acids is 2. The molecule has 3 heterocycles. The molecule has 0 saturated heterocycles. The van der Waals surface area contributed by atoms with Gasteiger partial charge in [-0.1, -0.05) is 85.3 Å². The SMILES string of the molecule is O=C(O)c1cc2c(cc1C(=O)O)C(=O)C(=Cc1ccc(-c3ccc(-c4ccc5c(c4)C4CCCC4N5c4ccc(C=C(c5ccccc5)c5ccccc5)cc4)s3)s1)C2=O. The second kappa shape index (κ2) is 15.0. The summed E-state index contributed by atoms with van der Waals surface area (Å²) in [6.07, 6.45) is 7.30. The number of ketones is 2. The van der Waals surface area contributed by atoms with E-state index in [9.17, 15) is 29.4 Å². The van der Waals surface area contributed by atoms with Crippen LogP contribution in [-0.4, -0.2) is 39.8 Å². The van der Waals surface area contributed by atoms with Gasteiger partial charge in [-0.2, -0.15) is 0 Å². The first-order valence-corrected chi connectivity index (χ1v) is 21.4. The number of thiophene rings is 2. The fourth-order valence-corrected chi connectivity index (χ4v) is 11.0. The van der Waals surface area contributed by atoms with Gasteiger partial charge in [-0.15, -0.1) is 22.7 Å². The Balaban J connectivity index is 0.899. The highest BCUT2D eigenvalue weighted by Crippen LogP contribution is 2.53. The molecule has 7 nitrogen and oxygen atoms in total. The number of nitrogens with zero attached hydrogens (tertiary/aromatic N) is 1. The predicted octanol–water partition coefficient (Wildman–Crippen LogP) is 12.4. The smallest absolute Gasteiger partial charge is 0.336 e. The van der Waals surface area contributed by atoms with Crippen LogP contribution in [0.5, 0.6) is 0 Å². The van der Waals surface area contributed by atoms with Gasteiger partial charge in [0.25, 0.3) is 0 Å². The van der Waals surface area contributed by atoms with Gasteiger partial charge >= 0.3 is 11.9 Å². The third-order valence-corrected chi connectivity index (χ3v) is 14.2. The van der Waals surface area contributed by atoms with Crippen LogP contribution in [0.3, 0.4) is 0 Å². The molecule has 2 aliphatic carbocycles. The lowest BCUT2D eigenvalue weighted by atomic mass is 9.95. The molecular formula is C51H35NO6S2. The van der Waals surface area contributed by atoms with E-state index in [1.54, 1.807) is 11.3 Å². The fourth-order valence-electron chi connectivity index (χ4n) is 9.00. The minimum atomic E-state index is -1.48. The number of hydrogen-bond donors (Lipinski definition) is 2. The zero-order valence-electron chi connectivity index (χ0n) is 32.0. The van der Waals surface area contributed by atoms with Gasteiger partial charge in [-0.25, -0.2) is 9.59 Å². The van der Waals surface area contributed by atoms with Crippen LogP contribution in [0.25, 0.3) is 37.9 Å². The van der Waals surface area contributed by atoms with E-state index in [-0.39, 0.29) is 16.7 Å². The van der Waals surface area contributed by atoms with Crippen molar-refractivity contribution in [1.82, 2.24) is 0 Å². The normalized spacial score (nSPS) is 16.4. The summed E-state index contributed by atoms with van der Waals surface area (Å²) in [4.78, 5) is 56.4. The van der Waals surface area contributed by atoms with E-state index in [1.165, 1.54) is 63.0 Å². The van der Waals surface area contributed by atoms with Gasteiger partial charge in [0.05, 0.1) is 16.7 Å². The van der Waals surface area contributed by atoms with Crippen LogP contribution in [0.15, 0.2) is 145 Å². The first-order chi connectivity index (χ1) is 29.2. The standard InChI is InChI=1S/C51H35NO6S2/c53-48-38-27-40(50(55)56)41(51(57)58)28-39(38)49(54)42(48)26-34-19-21-46(59-34)47-23-22-45(60-47)32-16-20-44-37(25-32)35-12-7-13-43(35)52(44)33-17-14-29(15-18-33)24-36(30-8-3-1-4-9-30)31-10-5-2-6-11-31/h1-6,8-11,14-28,35,43H,7,12-13H2,(H,55,56)(H,57,58). The van der Waals surface area contributed by atoms with E-state index in [0.29, 0.717) is 16.8 Å². The second-order valence-corrected chi connectivity index (χ2v) is 17.5. The fraction of sp³-hybridized carbons (Fsp3) is 0.0980. The molecule has 5 aromatic carbocycles. The Labute approximate surface area is 353 Å². The van der Waals surface area contributed by atoms with Crippen molar-refractivity contribution in [3.63, 3.8) is 0 Å². The van der Waals surface area contributed by atoms with E-state index >= 15 is 0 Å². The summed E-state index contributed by atoms with van der Waals surface area (Å²) >= 11 is 3.13. The number of aromatic carboxylic acids is 2. The molecule has 0 spiro atoms. The maximum Gasteiger partial charge on any atom is 0.336 e. The largest absolute Gasteiger partial charge is 0.478 e. The van der Waals surface area contributed by atoms with Gasteiger partial charge in [0, 0.05) is 54.0 Å². The molecule has 10 rings (SSSR count). The lowest BCUT2D eigenvalue weighted by Crippen LogP contribution is -2.26. The molecule has 0 amide bonds. The molecule has 0 bridgehead atoms. The van der Waals surface area contributed by atoms with Crippen LogP contribution in [0.2, 0.25) is 0 Å². The Morgan fingerprint density at radius 2 is 1.23 bits per heavy atom. The summed E-state index contributed by atoms with van der Waals surface area (Å²) in [6, 6.07) is 47.4. The zero-order chi connectivity index (χ0) is 41.1. The molecule has 60 heavy (non-hydrogen) atoms. The predicted molar refractivity (Wildman–Crippen MR) is 239 cm³/mol. The van der Waals surface area contributed by atoms with E-state index in [4.69, 9.17) is 0 Å². The van der Waals surface area contributed by atoms with Gasteiger partial charge in [0.1, 0.15) is 0 Å². The molecule has 3 aliphatic rings. The van der Waals surface area contributed by atoms with Crippen molar-refractivity contribution < 1.29 is 29.4 Å². The Hall–Kier alpha value is -6.94. The molecule has 9 heteroatoms. The first kappa shape index (κ1) is 37.3. The molecule has 2 N–H and O–H groups in total. The van der Waals surface area contributed by atoms with Crippen LogP contribution in [0.1, 0.15) is 93.7 Å². The van der Waals surface area contributed by atoms with Crippen molar-refractivity contribution in [1.29, 1.82) is 0 Å². The number of carboxylic acid groups (broad SMARTS) is 2. The van der Waals surface area contributed by atoms with Crippen LogP contribution >= 0.6 is 22.7 Å². The molecule has 292 valence electrons. The Morgan fingerprint density at radius 1 is 0.633 bits per heavy atom. The number of hydrogen-bond acceptors (Lipinski definition) is 7. The molecule has 1 fully saturated rings. The van der Waals surface area contributed by atoms with E-state index in [2.05, 4.69) is 114 Å². The molecule has 7 aromatic rings. The van der Waals surface area contributed by atoms with Crippen LogP contribution in [0.4, 0.5) is 11.4 Å². The molecule has 0 radical (unpaired) electrons. The lowest BCUT2D eigenvalue weighted by Gasteiger charge is -2.27.